The molecule has 1 atom stereocenters. The van der Waals surface area contributed by atoms with E-state index in [4.69, 9.17) is 0 Å². The van der Waals surface area contributed by atoms with Gasteiger partial charge in [-0.3, -0.25) is 0 Å². The highest BCUT2D eigenvalue weighted by molar-refractivity contribution is 7.98. The fourth-order valence-electron chi connectivity index (χ4n) is 1.77. The summed E-state index contributed by atoms with van der Waals surface area (Å²) in [6, 6.07) is 2.75. The molecule has 1 aromatic heterocycles. The van der Waals surface area contributed by atoms with Gasteiger partial charge in [0.05, 0.1) is 0 Å². The fourth-order valence-corrected chi connectivity index (χ4v) is 2.16. The summed E-state index contributed by atoms with van der Waals surface area (Å²) in [6.45, 7) is 3.35. The largest absolute Gasteiger partial charge is 0.353 e. The number of thioether (sulfide) groups is 1. The third-order valence-corrected chi connectivity index (χ3v) is 3.25. The molecule has 0 saturated carbocycles. The van der Waals surface area contributed by atoms with Gasteiger partial charge in [0.25, 0.3) is 0 Å². The molecular weight excluding hydrogens is 204 g/mol. The standard InChI is InChI=1S/C12H22N2S/c1-4-5-12(13-2)11-6-7-14(10-11)8-9-15-3/h6-7,10,12-13H,4-5,8-9H2,1-3H3. The van der Waals surface area contributed by atoms with E-state index in [1.807, 2.05) is 18.8 Å². The van der Waals surface area contributed by atoms with Crippen LogP contribution in [-0.2, 0) is 6.54 Å². The number of hydrogen-bond donors (Lipinski definition) is 1. The molecule has 0 aliphatic carbocycles. The summed E-state index contributed by atoms with van der Waals surface area (Å²) in [6.07, 6.45) is 9.04. The van der Waals surface area contributed by atoms with Crippen LogP contribution in [0, 0.1) is 0 Å². The Kier molecular flexibility index (Phi) is 5.88. The van der Waals surface area contributed by atoms with Crippen molar-refractivity contribution < 1.29 is 0 Å². The second kappa shape index (κ2) is 6.96. The molecule has 0 fully saturated rings. The number of nitrogens with one attached hydrogen (secondary N) is 1. The van der Waals surface area contributed by atoms with Gasteiger partial charge in [-0.05, 0) is 31.4 Å². The van der Waals surface area contributed by atoms with Gasteiger partial charge in [0.15, 0.2) is 0 Å². The molecule has 0 aromatic carbocycles. The van der Waals surface area contributed by atoms with Crippen LogP contribution in [0.3, 0.4) is 0 Å². The predicted molar refractivity (Wildman–Crippen MR) is 69.5 cm³/mol. The van der Waals surface area contributed by atoms with E-state index in [1.165, 1.54) is 24.2 Å². The van der Waals surface area contributed by atoms with Crippen molar-refractivity contribution in [3.63, 3.8) is 0 Å². The van der Waals surface area contributed by atoms with Gasteiger partial charge in [0.1, 0.15) is 0 Å². The van der Waals surface area contributed by atoms with Gasteiger partial charge in [-0.15, -0.1) is 0 Å². The molecule has 0 amide bonds. The second-order valence-corrected chi connectivity index (χ2v) is 4.79. The first-order chi connectivity index (χ1) is 7.31. The Morgan fingerprint density at radius 3 is 2.93 bits per heavy atom. The highest BCUT2D eigenvalue weighted by atomic mass is 32.2. The van der Waals surface area contributed by atoms with Gasteiger partial charge in [0.2, 0.25) is 0 Å². The van der Waals surface area contributed by atoms with E-state index in [-0.39, 0.29) is 0 Å². The van der Waals surface area contributed by atoms with Crippen molar-refractivity contribution in [3.8, 4) is 0 Å². The Morgan fingerprint density at radius 1 is 1.53 bits per heavy atom. The zero-order valence-corrected chi connectivity index (χ0v) is 10.8. The number of nitrogens with zero attached hydrogens (tertiary/aromatic N) is 1. The van der Waals surface area contributed by atoms with E-state index in [9.17, 15) is 0 Å². The number of hydrogen-bond acceptors (Lipinski definition) is 2. The van der Waals surface area contributed by atoms with Crippen molar-refractivity contribution in [2.75, 3.05) is 19.1 Å². The third kappa shape index (κ3) is 3.92. The average Bonchev–Trinajstić information content (AvgIpc) is 2.71. The van der Waals surface area contributed by atoms with Crippen molar-refractivity contribution in [2.24, 2.45) is 0 Å². The van der Waals surface area contributed by atoms with Gasteiger partial charge in [-0.25, -0.2) is 0 Å². The Balaban J connectivity index is 2.56. The molecule has 1 heterocycles. The Morgan fingerprint density at radius 2 is 2.33 bits per heavy atom. The van der Waals surface area contributed by atoms with E-state index in [0.717, 1.165) is 6.54 Å². The van der Waals surface area contributed by atoms with Crippen molar-refractivity contribution in [2.45, 2.75) is 32.4 Å². The minimum Gasteiger partial charge on any atom is -0.353 e. The van der Waals surface area contributed by atoms with Crippen LogP contribution in [-0.4, -0.2) is 23.6 Å². The number of aromatic nitrogens is 1. The topological polar surface area (TPSA) is 17.0 Å². The number of aryl methyl sites for hydroxylation is 1. The van der Waals surface area contributed by atoms with Crippen molar-refractivity contribution >= 4 is 11.8 Å². The Bertz CT molecular complexity index is 270. The summed E-state index contributed by atoms with van der Waals surface area (Å²) in [5.74, 6) is 1.19. The summed E-state index contributed by atoms with van der Waals surface area (Å²) in [5.41, 5.74) is 1.42. The quantitative estimate of drug-likeness (QED) is 0.770. The lowest BCUT2D eigenvalue weighted by molar-refractivity contribution is 0.540. The normalized spacial score (nSPS) is 13.0. The lowest BCUT2D eigenvalue weighted by atomic mass is 10.1. The summed E-state index contributed by atoms with van der Waals surface area (Å²) < 4.78 is 2.28. The zero-order valence-electron chi connectivity index (χ0n) is 9.99. The molecule has 0 saturated heterocycles. The van der Waals surface area contributed by atoms with E-state index >= 15 is 0 Å². The van der Waals surface area contributed by atoms with Crippen molar-refractivity contribution in [1.82, 2.24) is 9.88 Å². The van der Waals surface area contributed by atoms with Gasteiger partial charge >= 0.3 is 0 Å². The minimum absolute atomic E-state index is 0.519. The van der Waals surface area contributed by atoms with E-state index in [2.05, 4.69) is 41.5 Å². The van der Waals surface area contributed by atoms with Crippen LogP contribution in [0.25, 0.3) is 0 Å². The molecule has 0 radical (unpaired) electrons. The SMILES string of the molecule is CCCC(NC)c1ccn(CCSC)c1. The Hall–Kier alpha value is -0.410. The zero-order chi connectivity index (χ0) is 11.1. The van der Waals surface area contributed by atoms with Gasteiger partial charge in [-0.2, -0.15) is 11.8 Å². The van der Waals surface area contributed by atoms with Crippen LogP contribution < -0.4 is 5.32 Å². The molecule has 0 aliphatic heterocycles. The lowest BCUT2D eigenvalue weighted by Crippen LogP contribution is -2.15. The summed E-state index contributed by atoms with van der Waals surface area (Å²) in [4.78, 5) is 0. The van der Waals surface area contributed by atoms with Crippen molar-refractivity contribution in [1.29, 1.82) is 0 Å². The predicted octanol–water partition coefficient (Wildman–Crippen LogP) is 2.91. The first-order valence-electron chi connectivity index (χ1n) is 5.63. The summed E-state index contributed by atoms with van der Waals surface area (Å²) >= 11 is 1.89. The molecule has 2 nitrogen and oxygen atoms in total. The maximum Gasteiger partial charge on any atom is 0.0332 e. The fraction of sp³-hybridized carbons (Fsp3) is 0.667. The van der Waals surface area contributed by atoms with Crippen LogP contribution in [0.15, 0.2) is 18.5 Å². The molecule has 15 heavy (non-hydrogen) atoms. The maximum absolute atomic E-state index is 3.37. The maximum atomic E-state index is 3.37. The summed E-state index contributed by atoms with van der Waals surface area (Å²) in [5, 5.41) is 3.37. The van der Waals surface area contributed by atoms with Gasteiger partial charge in [-0.1, -0.05) is 13.3 Å². The molecule has 0 bridgehead atoms. The first kappa shape index (κ1) is 12.7. The second-order valence-electron chi connectivity index (χ2n) is 3.81. The molecule has 1 N–H and O–H groups in total. The number of rotatable bonds is 7. The van der Waals surface area contributed by atoms with Gasteiger partial charge in [0, 0.05) is 30.7 Å². The van der Waals surface area contributed by atoms with Crippen LogP contribution >= 0.6 is 11.8 Å². The van der Waals surface area contributed by atoms with E-state index in [1.54, 1.807) is 0 Å². The summed E-state index contributed by atoms with van der Waals surface area (Å²) in [7, 11) is 2.04. The minimum atomic E-state index is 0.519. The van der Waals surface area contributed by atoms with Crippen LogP contribution in [0.1, 0.15) is 31.4 Å². The highest BCUT2D eigenvalue weighted by Gasteiger charge is 2.08. The lowest BCUT2D eigenvalue weighted by Gasteiger charge is -2.13. The smallest absolute Gasteiger partial charge is 0.0332 e. The molecule has 86 valence electrons. The molecule has 1 rings (SSSR count). The highest BCUT2D eigenvalue weighted by Crippen LogP contribution is 2.18. The average molecular weight is 226 g/mol. The van der Waals surface area contributed by atoms with Crippen molar-refractivity contribution in [3.05, 3.63) is 24.0 Å². The third-order valence-electron chi connectivity index (χ3n) is 2.66. The molecule has 1 unspecified atom stereocenters. The van der Waals surface area contributed by atoms with Crippen LogP contribution in [0.2, 0.25) is 0 Å². The monoisotopic (exact) mass is 226 g/mol. The molecular formula is C12H22N2S. The molecule has 0 aliphatic rings. The van der Waals surface area contributed by atoms with Gasteiger partial charge < -0.3 is 9.88 Å². The van der Waals surface area contributed by atoms with E-state index < -0.39 is 0 Å². The van der Waals surface area contributed by atoms with Crippen LogP contribution in [0.5, 0.6) is 0 Å². The molecule has 0 spiro atoms. The Labute approximate surface area is 97.4 Å². The molecule has 1 aromatic rings. The molecule has 3 heteroatoms. The van der Waals surface area contributed by atoms with E-state index in [0.29, 0.717) is 6.04 Å². The first-order valence-corrected chi connectivity index (χ1v) is 7.03. The van der Waals surface area contributed by atoms with Crippen LogP contribution in [0.4, 0.5) is 0 Å².